The van der Waals surface area contributed by atoms with Gasteiger partial charge in [0, 0.05) is 9.61 Å². The van der Waals surface area contributed by atoms with E-state index in [2.05, 4.69) is 72.9 Å². The Hall–Kier alpha value is -0.0900. The molecule has 1 aromatic rings. The van der Waals surface area contributed by atoms with Crippen molar-refractivity contribution in [1.82, 2.24) is 5.32 Å². The molecule has 0 amide bonds. The third-order valence-electron chi connectivity index (χ3n) is 3.46. The summed E-state index contributed by atoms with van der Waals surface area (Å²) in [5.41, 5.74) is 1.45. The zero-order valence-corrected chi connectivity index (χ0v) is 14.0. The molecule has 0 saturated carbocycles. The molecule has 0 radical (unpaired) electrons. The highest BCUT2D eigenvalue weighted by atomic mass is 127. The topological polar surface area (TPSA) is 12.0 Å². The first-order valence-corrected chi connectivity index (χ1v) is 8.21. The van der Waals surface area contributed by atoms with Crippen molar-refractivity contribution in [3.63, 3.8) is 0 Å². The van der Waals surface area contributed by atoms with Crippen LogP contribution in [0.25, 0.3) is 0 Å². The molecule has 2 unspecified atom stereocenters. The molecule has 0 saturated heterocycles. The molecular weight excluding hydrogens is 333 g/mol. The van der Waals surface area contributed by atoms with Crippen molar-refractivity contribution < 1.29 is 0 Å². The second kappa shape index (κ2) is 8.92. The van der Waals surface area contributed by atoms with E-state index in [0.717, 1.165) is 18.9 Å². The van der Waals surface area contributed by atoms with Crippen molar-refractivity contribution in [3.05, 3.63) is 33.4 Å². The first kappa shape index (κ1) is 16.0. The van der Waals surface area contributed by atoms with Crippen LogP contribution < -0.4 is 5.32 Å². The van der Waals surface area contributed by atoms with Gasteiger partial charge in [-0.05, 0) is 72.0 Å². The predicted octanol–water partition coefficient (Wildman–Crippen LogP) is 4.64. The maximum Gasteiger partial charge on any atom is 0.0130 e. The Balaban J connectivity index is 2.56. The summed E-state index contributed by atoms with van der Waals surface area (Å²) in [6.07, 6.45) is 4.92. The summed E-state index contributed by atoms with van der Waals surface area (Å²) in [5.74, 6) is 0.809. The number of halogens is 1. The first-order valence-electron chi connectivity index (χ1n) is 7.13. The molecular formula is C16H26IN. The van der Waals surface area contributed by atoms with E-state index in [-0.39, 0.29) is 0 Å². The lowest BCUT2D eigenvalue weighted by molar-refractivity contribution is 0.391. The Labute approximate surface area is 126 Å². The van der Waals surface area contributed by atoms with E-state index in [1.807, 2.05) is 0 Å². The fourth-order valence-corrected chi connectivity index (χ4v) is 2.50. The van der Waals surface area contributed by atoms with Gasteiger partial charge in [-0.15, -0.1) is 0 Å². The lowest BCUT2D eigenvalue weighted by Gasteiger charge is -2.22. The van der Waals surface area contributed by atoms with Crippen molar-refractivity contribution in [2.24, 2.45) is 5.92 Å². The number of hydrogen-bond acceptors (Lipinski definition) is 1. The van der Waals surface area contributed by atoms with Gasteiger partial charge in [-0.2, -0.15) is 0 Å². The van der Waals surface area contributed by atoms with Crippen LogP contribution in [-0.2, 0) is 6.42 Å². The normalized spacial score (nSPS) is 14.4. The van der Waals surface area contributed by atoms with E-state index in [1.165, 1.54) is 28.4 Å². The average Bonchev–Trinajstić information content (AvgIpc) is 2.38. The van der Waals surface area contributed by atoms with Gasteiger partial charge in [0.1, 0.15) is 0 Å². The molecule has 0 spiro atoms. The maximum absolute atomic E-state index is 3.70. The van der Waals surface area contributed by atoms with E-state index >= 15 is 0 Å². The second-order valence-corrected chi connectivity index (χ2v) is 6.48. The first-order chi connectivity index (χ1) is 8.65. The fraction of sp³-hybridized carbons (Fsp3) is 0.625. The van der Waals surface area contributed by atoms with Crippen LogP contribution in [0, 0.1) is 9.49 Å². The molecule has 0 aromatic heterocycles. The van der Waals surface area contributed by atoms with Crippen LogP contribution in [0.3, 0.4) is 0 Å². The summed E-state index contributed by atoms with van der Waals surface area (Å²) >= 11 is 2.36. The Morgan fingerprint density at radius 1 is 1.17 bits per heavy atom. The molecule has 2 atom stereocenters. The molecule has 0 bridgehead atoms. The minimum absolute atomic E-state index is 0.625. The van der Waals surface area contributed by atoms with Gasteiger partial charge in [-0.3, -0.25) is 0 Å². The Bertz CT molecular complexity index is 320. The van der Waals surface area contributed by atoms with E-state index in [0.29, 0.717) is 6.04 Å². The highest BCUT2D eigenvalue weighted by Gasteiger charge is 2.12. The van der Waals surface area contributed by atoms with Crippen molar-refractivity contribution in [2.75, 3.05) is 6.54 Å². The lowest BCUT2D eigenvalue weighted by Crippen LogP contribution is -2.33. The summed E-state index contributed by atoms with van der Waals surface area (Å²) in [7, 11) is 0. The highest BCUT2D eigenvalue weighted by Crippen LogP contribution is 2.15. The molecule has 1 N–H and O–H groups in total. The molecule has 1 aromatic carbocycles. The van der Waals surface area contributed by atoms with E-state index < -0.39 is 0 Å². The molecule has 2 heteroatoms. The smallest absolute Gasteiger partial charge is 0.0130 e. The van der Waals surface area contributed by atoms with E-state index in [4.69, 9.17) is 0 Å². The number of nitrogens with one attached hydrogen (secondary N) is 1. The van der Waals surface area contributed by atoms with Crippen LogP contribution >= 0.6 is 22.6 Å². The lowest BCUT2D eigenvalue weighted by atomic mass is 9.94. The molecule has 0 aliphatic heterocycles. The number of benzene rings is 1. The van der Waals surface area contributed by atoms with Crippen LogP contribution in [0.4, 0.5) is 0 Å². The summed E-state index contributed by atoms with van der Waals surface area (Å²) in [4.78, 5) is 0. The van der Waals surface area contributed by atoms with E-state index in [1.54, 1.807) is 0 Å². The van der Waals surface area contributed by atoms with Crippen molar-refractivity contribution >= 4 is 22.6 Å². The summed E-state index contributed by atoms with van der Waals surface area (Å²) < 4.78 is 1.32. The molecule has 0 heterocycles. The van der Waals surface area contributed by atoms with Gasteiger partial charge < -0.3 is 5.32 Å². The monoisotopic (exact) mass is 359 g/mol. The zero-order chi connectivity index (χ0) is 13.4. The van der Waals surface area contributed by atoms with Gasteiger partial charge in [0.2, 0.25) is 0 Å². The number of hydrogen-bond donors (Lipinski definition) is 1. The van der Waals surface area contributed by atoms with Crippen molar-refractivity contribution in [2.45, 2.75) is 52.5 Å². The third-order valence-corrected chi connectivity index (χ3v) is 4.18. The average molecular weight is 359 g/mol. The minimum atomic E-state index is 0.625. The number of rotatable bonds is 8. The minimum Gasteiger partial charge on any atom is -0.314 e. The van der Waals surface area contributed by atoms with Crippen LogP contribution in [0.5, 0.6) is 0 Å². The van der Waals surface area contributed by atoms with E-state index in [9.17, 15) is 0 Å². The maximum atomic E-state index is 3.70. The van der Waals surface area contributed by atoms with Crippen LogP contribution in [0.2, 0.25) is 0 Å². The van der Waals surface area contributed by atoms with Crippen LogP contribution in [-0.4, -0.2) is 12.6 Å². The third kappa shape index (κ3) is 6.19. The molecule has 0 aliphatic carbocycles. The fourth-order valence-electron chi connectivity index (χ4n) is 2.14. The van der Waals surface area contributed by atoms with Crippen LogP contribution in [0.1, 0.15) is 45.6 Å². The molecule has 1 nitrogen and oxygen atoms in total. The molecule has 0 fully saturated rings. The quantitative estimate of drug-likeness (QED) is 0.667. The Kier molecular flexibility index (Phi) is 7.91. The highest BCUT2D eigenvalue weighted by molar-refractivity contribution is 14.1. The van der Waals surface area contributed by atoms with Crippen molar-refractivity contribution in [3.8, 4) is 0 Å². The Morgan fingerprint density at radius 2 is 1.83 bits per heavy atom. The summed E-state index contributed by atoms with van der Waals surface area (Å²) in [6.45, 7) is 8.00. The van der Waals surface area contributed by atoms with Gasteiger partial charge in [0.25, 0.3) is 0 Å². The van der Waals surface area contributed by atoms with Gasteiger partial charge >= 0.3 is 0 Å². The molecule has 0 aliphatic rings. The molecule has 102 valence electrons. The SMILES string of the molecule is CCCNC(Cc1ccc(I)cc1)CC(C)CC. The summed E-state index contributed by atoms with van der Waals surface area (Å²) in [5, 5.41) is 3.70. The standard InChI is InChI=1S/C16H26IN/c1-4-10-18-16(11-13(3)5-2)12-14-6-8-15(17)9-7-14/h6-9,13,16,18H,4-5,10-12H2,1-3H3. The largest absolute Gasteiger partial charge is 0.314 e. The van der Waals surface area contributed by atoms with Crippen LogP contribution in [0.15, 0.2) is 24.3 Å². The zero-order valence-electron chi connectivity index (χ0n) is 11.9. The Morgan fingerprint density at radius 3 is 2.39 bits per heavy atom. The van der Waals surface area contributed by atoms with Gasteiger partial charge in [0.05, 0.1) is 0 Å². The van der Waals surface area contributed by atoms with Crippen molar-refractivity contribution in [1.29, 1.82) is 0 Å². The van der Waals surface area contributed by atoms with Gasteiger partial charge in [-0.1, -0.05) is 39.3 Å². The van der Waals surface area contributed by atoms with Gasteiger partial charge in [-0.25, -0.2) is 0 Å². The van der Waals surface area contributed by atoms with Gasteiger partial charge in [0.15, 0.2) is 0 Å². The summed E-state index contributed by atoms with van der Waals surface area (Å²) in [6, 6.07) is 9.56. The molecule has 1 rings (SSSR count). The molecule has 18 heavy (non-hydrogen) atoms. The predicted molar refractivity (Wildman–Crippen MR) is 89.0 cm³/mol. The second-order valence-electron chi connectivity index (χ2n) is 5.23.